The Bertz CT molecular complexity index is 188. The van der Waals surface area contributed by atoms with E-state index < -0.39 is 0 Å². The van der Waals surface area contributed by atoms with Crippen molar-refractivity contribution >= 4 is 38.5 Å². The Labute approximate surface area is 82.0 Å². The van der Waals surface area contributed by atoms with Crippen LogP contribution in [0.5, 0.6) is 5.75 Å². The van der Waals surface area contributed by atoms with Gasteiger partial charge in [-0.25, -0.2) is 0 Å². The van der Waals surface area contributed by atoms with Gasteiger partial charge < -0.3 is 4.74 Å². The fourth-order valence-electron chi connectivity index (χ4n) is 0.602. The van der Waals surface area contributed by atoms with Gasteiger partial charge in [-0.15, -0.1) is 0 Å². The molecule has 54 valence electrons. The predicted octanol–water partition coefficient (Wildman–Crippen LogP) is 3.18. The molecule has 0 radical (unpaired) electrons. The number of alkyl halides is 2. The van der Waals surface area contributed by atoms with Crippen LogP contribution in [0.25, 0.3) is 0 Å². The maximum atomic E-state index is 5.32. The van der Waals surface area contributed by atoms with Crippen molar-refractivity contribution in [2.45, 2.75) is 3.02 Å². The van der Waals surface area contributed by atoms with Crippen LogP contribution in [-0.4, -0.2) is 3.02 Å². The molecule has 0 heterocycles. The van der Waals surface area contributed by atoms with Crippen LogP contribution in [0.3, 0.4) is 0 Å². The molecule has 0 saturated carbocycles. The third kappa shape index (κ3) is 2.88. The molecule has 3 heteroatoms. The van der Waals surface area contributed by atoms with E-state index >= 15 is 0 Å². The van der Waals surface area contributed by atoms with Crippen LogP contribution < -0.4 is 4.74 Å². The van der Waals surface area contributed by atoms with Crippen LogP contribution in [0.15, 0.2) is 30.3 Å². The van der Waals surface area contributed by atoms with Gasteiger partial charge in [0.25, 0.3) is 0 Å². The highest BCUT2D eigenvalue weighted by Crippen LogP contribution is 2.17. The Morgan fingerprint density at radius 1 is 1.30 bits per heavy atom. The molecule has 0 amide bonds. The first-order chi connectivity index (χ1) is 4.79. The molecule has 1 rings (SSSR count). The first-order valence-electron chi connectivity index (χ1n) is 2.79. The molecule has 0 aliphatic rings. The molecular formula is C7H6BrIO. The van der Waals surface area contributed by atoms with Crippen molar-refractivity contribution in [2.24, 2.45) is 0 Å². The summed E-state index contributed by atoms with van der Waals surface area (Å²) in [6, 6.07) is 9.70. The van der Waals surface area contributed by atoms with Gasteiger partial charge in [-0.05, 0) is 50.7 Å². The zero-order chi connectivity index (χ0) is 7.40. The van der Waals surface area contributed by atoms with Crippen LogP contribution in [0.2, 0.25) is 0 Å². The Kier molecular flexibility index (Phi) is 3.48. The molecule has 0 aliphatic heterocycles. The van der Waals surface area contributed by atoms with Gasteiger partial charge in [-0.3, -0.25) is 0 Å². The maximum Gasteiger partial charge on any atom is 0.203 e. The van der Waals surface area contributed by atoms with E-state index in [9.17, 15) is 0 Å². The normalized spacial score (nSPS) is 12.6. The highest BCUT2D eigenvalue weighted by Gasteiger charge is 1.96. The Hall–Kier alpha value is 0.230. The molecule has 1 aromatic carbocycles. The Balaban J connectivity index is 2.59. The van der Waals surface area contributed by atoms with Crippen LogP contribution in [0.4, 0.5) is 0 Å². The number of halogens is 2. The number of hydrogen-bond acceptors (Lipinski definition) is 1. The lowest BCUT2D eigenvalue weighted by Crippen LogP contribution is -1.96. The van der Waals surface area contributed by atoms with E-state index in [-0.39, 0.29) is 3.02 Å². The Morgan fingerprint density at radius 2 is 1.90 bits per heavy atom. The summed E-state index contributed by atoms with van der Waals surface area (Å²) >= 11 is 5.42. The monoisotopic (exact) mass is 312 g/mol. The van der Waals surface area contributed by atoms with Crippen molar-refractivity contribution in [3.63, 3.8) is 0 Å². The van der Waals surface area contributed by atoms with Crippen molar-refractivity contribution in [1.82, 2.24) is 0 Å². The van der Waals surface area contributed by atoms with Crippen LogP contribution in [0.1, 0.15) is 0 Å². The second-order valence-electron chi connectivity index (χ2n) is 1.69. The number of hydrogen-bond donors (Lipinski definition) is 0. The van der Waals surface area contributed by atoms with Crippen molar-refractivity contribution in [3.05, 3.63) is 30.3 Å². The fraction of sp³-hybridized carbons (Fsp3) is 0.143. The van der Waals surface area contributed by atoms with E-state index in [1.165, 1.54) is 0 Å². The third-order valence-corrected chi connectivity index (χ3v) is 1.41. The Morgan fingerprint density at radius 3 is 2.40 bits per heavy atom. The van der Waals surface area contributed by atoms with E-state index in [0.29, 0.717) is 0 Å². The zero-order valence-corrected chi connectivity index (χ0v) is 8.87. The zero-order valence-electron chi connectivity index (χ0n) is 5.13. The second-order valence-corrected chi connectivity index (χ2v) is 5.37. The molecule has 0 fully saturated rings. The van der Waals surface area contributed by atoms with Gasteiger partial charge in [0.1, 0.15) is 5.75 Å². The molecule has 0 N–H and O–H groups in total. The SMILES string of the molecule is BrC(I)Oc1ccccc1. The predicted molar refractivity (Wildman–Crippen MR) is 53.8 cm³/mol. The maximum absolute atomic E-state index is 5.32. The topological polar surface area (TPSA) is 9.23 Å². The minimum absolute atomic E-state index is 0.0486. The smallest absolute Gasteiger partial charge is 0.203 e. The molecule has 0 saturated heterocycles. The van der Waals surface area contributed by atoms with Crippen molar-refractivity contribution in [1.29, 1.82) is 0 Å². The summed E-state index contributed by atoms with van der Waals surface area (Å²) in [4.78, 5) is 0. The average molecular weight is 313 g/mol. The van der Waals surface area contributed by atoms with Crippen molar-refractivity contribution in [3.8, 4) is 5.75 Å². The van der Waals surface area contributed by atoms with Crippen LogP contribution in [0, 0.1) is 0 Å². The first kappa shape index (κ1) is 8.33. The van der Waals surface area contributed by atoms with E-state index in [4.69, 9.17) is 4.74 Å². The van der Waals surface area contributed by atoms with Crippen LogP contribution >= 0.6 is 38.5 Å². The molecule has 1 aromatic rings. The summed E-state index contributed by atoms with van der Waals surface area (Å²) in [7, 11) is 0. The van der Waals surface area contributed by atoms with E-state index in [2.05, 4.69) is 38.5 Å². The molecule has 1 unspecified atom stereocenters. The fourth-order valence-corrected chi connectivity index (χ4v) is 1.11. The van der Waals surface area contributed by atoms with Crippen molar-refractivity contribution in [2.75, 3.05) is 0 Å². The minimum Gasteiger partial charge on any atom is -0.469 e. The largest absolute Gasteiger partial charge is 0.469 e. The standard InChI is InChI=1S/C7H6BrIO/c8-7(9)10-6-4-2-1-3-5-6/h1-5,7H. The quantitative estimate of drug-likeness (QED) is 0.602. The molecule has 0 aliphatic carbocycles. The number of ether oxygens (including phenoxy) is 1. The molecule has 0 aromatic heterocycles. The lowest BCUT2D eigenvalue weighted by molar-refractivity contribution is 0.383. The summed E-state index contributed by atoms with van der Waals surface area (Å²) in [5.41, 5.74) is 0. The van der Waals surface area contributed by atoms with E-state index in [1.54, 1.807) is 0 Å². The number of para-hydroxylation sites is 1. The van der Waals surface area contributed by atoms with Crippen LogP contribution in [-0.2, 0) is 0 Å². The summed E-state index contributed by atoms with van der Waals surface area (Å²) in [6.45, 7) is 0. The van der Waals surface area contributed by atoms with Gasteiger partial charge >= 0.3 is 0 Å². The van der Waals surface area contributed by atoms with Crippen molar-refractivity contribution < 1.29 is 4.74 Å². The third-order valence-electron chi connectivity index (χ3n) is 0.968. The summed E-state index contributed by atoms with van der Waals surface area (Å²) in [6.07, 6.45) is 0. The molecule has 0 bridgehead atoms. The molecule has 10 heavy (non-hydrogen) atoms. The molecule has 1 atom stereocenters. The average Bonchev–Trinajstić information content (AvgIpc) is 1.88. The summed E-state index contributed by atoms with van der Waals surface area (Å²) in [5, 5.41) is 0. The van der Waals surface area contributed by atoms with E-state index in [0.717, 1.165) is 5.75 Å². The molecule has 1 nitrogen and oxygen atoms in total. The van der Waals surface area contributed by atoms with Gasteiger partial charge in [0.2, 0.25) is 3.02 Å². The second kappa shape index (κ2) is 4.18. The van der Waals surface area contributed by atoms with Gasteiger partial charge in [0.15, 0.2) is 0 Å². The van der Waals surface area contributed by atoms with Gasteiger partial charge in [0.05, 0.1) is 0 Å². The molecular weight excluding hydrogens is 307 g/mol. The number of benzene rings is 1. The van der Waals surface area contributed by atoms with Gasteiger partial charge in [-0.2, -0.15) is 0 Å². The number of rotatable bonds is 2. The summed E-state index contributed by atoms with van der Waals surface area (Å²) in [5.74, 6) is 0.888. The minimum atomic E-state index is 0.0486. The lowest BCUT2D eigenvalue weighted by Gasteiger charge is -2.04. The van der Waals surface area contributed by atoms with Gasteiger partial charge in [-0.1, -0.05) is 18.2 Å². The van der Waals surface area contributed by atoms with E-state index in [1.807, 2.05) is 30.3 Å². The first-order valence-corrected chi connectivity index (χ1v) is 4.95. The lowest BCUT2D eigenvalue weighted by atomic mass is 10.3. The molecule has 0 spiro atoms. The highest BCUT2D eigenvalue weighted by atomic mass is 127. The van der Waals surface area contributed by atoms with Gasteiger partial charge in [0, 0.05) is 0 Å². The highest BCUT2D eigenvalue weighted by molar-refractivity contribution is 14.1. The summed E-state index contributed by atoms with van der Waals surface area (Å²) < 4.78 is 5.37.